The Kier molecular flexibility index (Phi) is 4.94. The molecule has 0 aromatic heterocycles. The van der Waals surface area contributed by atoms with Crippen LogP contribution in [-0.2, 0) is 14.3 Å². The zero-order valence-electron chi connectivity index (χ0n) is 8.77. The number of carboxylic acids is 1. The van der Waals surface area contributed by atoms with Crippen LogP contribution >= 0.6 is 11.8 Å². The van der Waals surface area contributed by atoms with Gasteiger partial charge in [0.25, 0.3) is 0 Å². The van der Waals surface area contributed by atoms with Gasteiger partial charge in [-0.2, -0.15) is 11.8 Å². The van der Waals surface area contributed by atoms with E-state index in [-0.39, 0.29) is 24.2 Å². The van der Waals surface area contributed by atoms with Crippen LogP contribution in [0.5, 0.6) is 0 Å². The summed E-state index contributed by atoms with van der Waals surface area (Å²) in [6.07, 6.45) is 1.67. The van der Waals surface area contributed by atoms with Gasteiger partial charge in [0.15, 0.2) is 0 Å². The van der Waals surface area contributed by atoms with Gasteiger partial charge in [-0.3, -0.25) is 9.59 Å². The van der Waals surface area contributed by atoms with E-state index in [1.165, 1.54) is 7.11 Å². The van der Waals surface area contributed by atoms with Crippen LogP contribution in [0.1, 0.15) is 19.3 Å². The summed E-state index contributed by atoms with van der Waals surface area (Å²) in [5.41, 5.74) is 0. The molecular weight excluding hydrogens is 216 g/mol. The number of esters is 1. The summed E-state index contributed by atoms with van der Waals surface area (Å²) in [7, 11) is 1.34. The summed E-state index contributed by atoms with van der Waals surface area (Å²) in [6.45, 7) is 0. The zero-order valence-corrected chi connectivity index (χ0v) is 9.59. The number of aliphatic carboxylic acids is 1. The molecule has 0 aromatic carbocycles. The first kappa shape index (κ1) is 12.4. The molecule has 86 valence electrons. The number of carboxylic acid groups (broad SMARTS) is 1. The smallest absolute Gasteiger partial charge is 0.306 e. The summed E-state index contributed by atoms with van der Waals surface area (Å²) < 4.78 is 4.58. The van der Waals surface area contributed by atoms with Crippen molar-refractivity contribution in [2.45, 2.75) is 19.3 Å². The number of ether oxygens (including phenoxy) is 1. The van der Waals surface area contributed by atoms with E-state index >= 15 is 0 Å². The van der Waals surface area contributed by atoms with Crippen molar-refractivity contribution in [3.63, 3.8) is 0 Å². The SMILES string of the molecule is COC(=O)CC1CCSCCC1C(=O)O. The average Bonchev–Trinajstić information content (AvgIpc) is 2.43. The number of methoxy groups -OCH3 is 1. The molecular formula is C10H16O4S. The Hall–Kier alpha value is -0.710. The molecule has 0 spiro atoms. The van der Waals surface area contributed by atoms with Gasteiger partial charge in [-0.1, -0.05) is 0 Å². The molecule has 0 radical (unpaired) electrons. The minimum atomic E-state index is -0.786. The van der Waals surface area contributed by atoms with Gasteiger partial charge < -0.3 is 9.84 Å². The molecule has 1 aliphatic heterocycles. The Labute approximate surface area is 93.4 Å². The quantitative estimate of drug-likeness (QED) is 0.745. The molecule has 0 saturated carbocycles. The molecule has 1 N–H and O–H groups in total. The van der Waals surface area contributed by atoms with Crippen molar-refractivity contribution in [2.75, 3.05) is 18.6 Å². The number of hydrogen-bond donors (Lipinski definition) is 1. The van der Waals surface area contributed by atoms with E-state index < -0.39 is 5.97 Å². The van der Waals surface area contributed by atoms with Crippen LogP contribution in [0.4, 0.5) is 0 Å². The van der Waals surface area contributed by atoms with Gasteiger partial charge in [-0.25, -0.2) is 0 Å². The summed E-state index contributed by atoms with van der Waals surface area (Å²) in [6, 6.07) is 0. The van der Waals surface area contributed by atoms with Crippen molar-refractivity contribution in [2.24, 2.45) is 11.8 Å². The first-order valence-corrected chi connectivity index (χ1v) is 6.18. The fourth-order valence-corrected chi connectivity index (χ4v) is 2.94. The maximum atomic E-state index is 11.1. The van der Waals surface area contributed by atoms with Crippen LogP contribution in [-0.4, -0.2) is 35.7 Å². The third kappa shape index (κ3) is 3.74. The standard InChI is InChI=1S/C10H16O4S/c1-14-9(11)6-7-2-4-15-5-3-8(7)10(12)13/h7-8H,2-6H2,1H3,(H,12,13). The topological polar surface area (TPSA) is 63.6 Å². The second-order valence-electron chi connectivity index (χ2n) is 3.67. The third-order valence-corrected chi connectivity index (χ3v) is 3.80. The fraction of sp³-hybridized carbons (Fsp3) is 0.800. The van der Waals surface area contributed by atoms with Crippen molar-refractivity contribution < 1.29 is 19.4 Å². The molecule has 1 heterocycles. The van der Waals surface area contributed by atoms with Gasteiger partial charge in [0.2, 0.25) is 0 Å². The van der Waals surface area contributed by atoms with Gasteiger partial charge in [0.1, 0.15) is 0 Å². The minimum Gasteiger partial charge on any atom is -0.481 e. The van der Waals surface area contributed by atoms with Crippen molar-refractivity contribution in [1.29, 1.82) is 0 Å². The van der Waals surface area contributed by atoms with E-state index in [0.29, 0.717) is 6.42 Å². The minimum absolute atomic E-state index is 0.0649. The highest BCUT2D eigenvalue weighted by molar-refractivity contribution is 7.99. The van der Waals surface area contributed by atoms with Gasteiger partial charge in [-0.15, -0.1) is 0 Å². The zero-order chi connectivity index (χ0) is 11.3. The summed E-state index contributed by atoms with van der Waals surface area (Å²) in [5.74, 6) is 0.258. The number of rotatable bonds is 3. The van der Waals surface area contributed by atoms with Gasteiger partial charge in [-0.05, 0) is 30.3 Å². The molecule has 5 heteroatoms. The van der Waals surface area contributed by atoms with Crippen LogP contribution in [0.25, 0.3) is 0 Å². The predicted molar refractivity (Wildman–Crippen MR) is 57.8 cm³/mol. The van der Waals surface area contributed by atoms with E-state index in [4.69, 9.17) is 5.11 Å². The highest BCUT2D eigenvalue weighted by Gasteiger charge is 2.31. The van der Waals surface area contributed by atoms with Crippen molar-refractivity contribution in [3.05, 3.63) is 0 Å². The summed E-state index contributed by atoms with van der Waals surface area (Å²) in [5, 5.41) is 9.06. The fourth-order valence-electron chi connectivity index (χ4n) is 1.85. The number of thioether (sulfide) groups is 1. The summed E-state index contributed by atoms with van der Waals surface area (Å²) >= 11 is 1.76. The first-order valence-electron chi connectivity index (χ1n) is 5.02. The number of hydrogen-bond acceptors (Lipinski definition) is 4. The Morgan fingerprint density at radius 2 is 2.07 bits per heavy atom. The lowest BCUT2D eigenvalue weighted by Gasteiger charge is -2.19. The second-order valence-corrected chi connectivity index (χ2v) is 4.90. The normalized spacial score (nSPS) is 26.7. The van der Waals surface area contributed by atoms with Gasteiger partial charge in [0.05, 0.1) is 13.0 Å². The Balaban J connectivity index is 2.61. The molecule has 0 aromatic rings. The Morgan fingerprint density at radius 1 is 1.40 bits per heavy atom. The maximum absolute atomic E-state index is 11.1. The van der Waals surface area contributed by atoms with Crippen molar-refractivity contribution in [3.8, 4) is 0 Å². The van der Waals surface area contributed by atoms with Crippen LogP contribution < -0.4 is 0 Å². The van der Waals surface area contributed by atoms with E-state index in [1.807, 2.05) is 0 Å². The van der Waals surface area contributed by atoms with Crippen LogP contribution in [0.3, 0.4) is 0 Å². The molecule has 1 saturated heterocycles. The van der Waals surface area contributed by atoms with Gasteiger partial charge in [0, 0.05) is 6.42 Å². The van der Waals surface area contributed by atoms with Gasteiger partial charge >= 0.3 is 11.9 Å². The molecule has 1 fully saturated rings. The maximum Gasteiger partial charge on any atom is 0.306 e. The van der Waals surface area contributed by atoms with E-state index in [2.05, 4.69) is 4.74 Å². The predicted octanol–water partition coefficient (Wildman–Crippen LogP) is 1.39. The molecule has 0 amide bonds. The molecule has 1 rings (SSSR count). The van der Waals surface area contributed by atoms with Crippen LogP contribution in [0, 0.1) is 11.8 Å². The van der Waals surface area contributed by atoms with Crippen molar-refractivity contribution >= 4 is 23.7 Å². The second kappa shape index (κ2) is 6.00. The molecule has 2 atom stereocenters. The average molecular weight is 232 g/mol. The molecule has 2 unspecified atom stereocenters. The van der Waals surface area contributed by atoms with E-state index in [9.17, 15) is 9.59 Å². The molecule has 1 aliphatic rings. The molecule has 0 aliphatic carbocycles. The third-order valence-electron chi connectivity index (χ3n) is 2.75. The van der Waals surface area contributed by atoms with E-state index in [0.717, 1.165) is 17.9 Å². The van der Waals surface area contributed by atoms with Crippen LogP contribution in [0.2, 0.25) is 0 Å². The lowest BCUT2D eigenvalue weighted by molar-refractivity contribution is -0.146. The lowest BCUT2D eigenvalue weighted by Crippen LogP contribution is -2.26. The lowest BCUT2D eigenvalue weighted by atomic mass is 9.85. The number of carbonyl (C=O) groups excluding carboxylic acids is 1. The monoisotopic (exact) mass is 232 g/mol. The summed E-state index contributed by atoms with van der Waals surface area (Å²) in [4.78, 5) is 22.2. The molecule has 0 bridgehead atoms. The Morgan fingerprint density at radius 3 is 2.67 bits per heavy atom. The highest BCUT2D eigenvalue weighted by atomic mass is 32.2. The van der Waals surface area contributed by atoms with E-state index in [1.54, 1.807) is 11.8 Å². The number of carbonyl (C=O) groups is 2. The Bertz CT molecular complexity index is 242. The highest BCUT2D eigenvalue weighted by Crippen LogP contribution is 2.30. The first-order chi connectivity index (χ1) is 7.15. The van der Waals surface area contributed by atoms with Crippen LogP contribution in [0.15, 0.2) is 0 Å². The molecule has 15 heavy (non-hydrogen) atoms. The van der Waals surface area contributed by atoms with Crippen molar-refractivity contribution in [1.82, 2.24) is 0 Å². The largest absolute Gasteiger partial charge is 0.481 e. The molecule has 4 nitrogen and oxygen atoms in total.